The Balaban J connectivity index is 2.85. The quantitative estimate of drug-likeness (QED) is 0.503. The van der Waals surface area contributed by atoms with E-state index in [-0.39, 0.29) is 5.91 Å². The highest BCUT2D eigenvalue weighted by Crippen LogP contribution is 2.33. The van der Waals surface area contributed by atoms with Gasteiger partial charge in [0.2, 0.25) is 0 Å². The summed E-state index contributed by atoms with van der Waals surface area (Å²) in [5, 5.41) is 0. The van der Waals surface area contributed by atoms with Crippen molar-refractivity contribution in [1.82, 2.24) is 5.43 Å². The van der Waals surface area contributed by atoms with Crippen LogP contribution >= 0.6 is 31.9 Å². The molecule has 0 heterocycles. The van der Waals surface area contributed by atoms with Crippen molar-refractivity contribution in [3.05, 3.63) is 27.1 Å². The Labute approximate surface area is 104 Å². The molecule has 1 aromatic rings. The van der Waals surface area contributed by atoms with Gasteiger partial charge in [0.05, 0.1) is 8.95 Å². The van der Waals surface area contributed by atoms with E-state index in [0.717, 1.165) is 8.95 Å². The Morgan fingerprint density at radius 1 is 1.47 bits per heavy atom. The lowest BCUT2D eigenvalue weighted by Crippen LogP contribution is -2.40. The Kier molecular flexibility index (Phi) is 4.56. The maximum absolute atomic E-state index is 11.1. The first-order valence-corrected chi connectivity index (χ1v) is 5.76. The van der Waals surface area contributed by atoms with Crippen molar-refractivity contribution in [2.75, 3.05) is 0 Å². The van der Waals surface area contributed by atoms with Gasteiger partial charge in [-0.2, -0.15) is 0 Å². The van der Waals surface area contributed by atoms with Crippen LogP contribution in [0.5, 0.6) is 5.75 Å². The number of ether oxygens (including phenoxy) is 1. The molecule has 0 fully saturated rings. The molecule has 0 aromatic heterocycles. The van der Waals surface area contributed by atoms with Crippen LogP contribution in [-0.4, -0.2) is 12.0 Å². The molecule has 15 heavy (non-hydrogen) atoms. The van der Waals surface area contributed by atoms with Gasteiger partial charge in [-0.25, -0.2) is 5.84 Å². The lowest BCUT2D eigenvalue weighted by Gasteiger charge is -2.15. The third-order valence-corrected chi connectivity index (χ3v) is 2.97. The molecule has 0 aliphatic rings. The van der Waals surface area contributed by atoms with Crippen molar-refractivity contribution in [2.24, 2.45) is 5.84 Å². The molecule has 1 atom stereocenters. The Hall–Kier alpha value is -0.590. The van der Waals surface area contributed by atoms with E-state index in [2.05, 4.69) is 31.9 Å². The van der Waals surface area contributed by atoms with Crippen LogP contribution in [0.2, 0.25) is 0 Å². The molecule has 1 aromatic carbocycles. The summed E-state index contributed by atoms with van der Waals surface area (Å²) in [7, 11) is 0. The topological polar surface area (TPSA) is 64.3 Å². The largest absolute Gasteiger partial charge is 0.478 e. The van der Waals surface area contributed by atoms with E-state index in [9.17, 15) is 4.79 Å². The fourth-order valence-electron chi connectivity index (χ4n) is 0.943. The smallest absolute Gasteiger partial charge is 0.274 e. The number of carbonyl (C=O) groups is 1. The number of halogens is 2. The van der Waals surface area contributed by atoms with E-state index < -0.39 is 6.10 Å². The van der Waals surface area contributed by atoms with Gasteiger partial charge in [0, 0.05) is 0 Å². The molecule has 1 rings (SSSR count). The number of rotatable bonds is 3. The highest BCUT2D eigenvalue weighted by Gasteiger charge is 2.16. The molecule has 82 valence electrons. The van der Waals surface area contributed by atoms with Gasteiger partial charge in [0.25, 0.3) is 5.91 Å². The predicted octanol–water partition coefficient (Wildman–Crippen LogP) is 1.97. The second-order valence-corrected chi connectivity index (χ2v) is 4.53. The van der Waals surface area contributed by atoms with Crippen molar-refractivity contribution in [3.8, 4) is 5.75 Å². The predicted molar refractivity (Wildman–Crippen MR) is 64.3 cm³/mol. The third kappa shape index (κ3) is 3.19. The van der Waals surface area contributed by atoms with Crippen LogP contribution in [0.25, 0.3) is 0 Å². The Morgan fingerprint density at radius 3 is 2.47 bits per heavy atom. The summed E-state index contributed by atoms with van der Waals surface area (Å²) in [6.45, 7) is 1.62. The van der Waals surface area contributed by atoms with Gasteiger partial charge in [0.15, 0.2) is 6.10 Å². The second-order valence-electron chi connectivity index (χ2n) is 2.82. The number of carbonyl (C=O) groups excluding carboxylic acids is 1. The standard InChI is InChI=1S/C9H10Br2N2O2/c1-5(9(14)13-12)15-8-6(10)3-2-4-7(8)11/h2-5H,12H2,1H3,(H,13,14). The maximum atomic E-state index is 11.1. The first-order valence-electron chi connectivity index (χ1n) is 4.17. The Bertz CT molecular complexity index is 351. The summed E-state index contributed by atoms with van der Waals surface area (Å²) in [5.41, 5.74) is 2.03. The van der Waals surface area contributed by atoms with Crippen molar-refractivity contribution in [2.45, 2.75) is 13.0 Å². The van der Waals surface area contributed by atoms with Gasteiger partial charge in [0.1, 0.15) is 5.75 Å². The zero-order valence-electron chi connectivity index (χ0n) is 7.96. The molecule has 4 nitrogen and oxygen atoms in total. The summed E-state index contributed by atoms with van der Waals surface area (Å²) in [6.07, 6.45) is -0.648. The van der Waals surface area contributed by atoms with Gasteiger partial charge >= 0.3 is 0 Å². The van der Waals surface area contributed by atoms with Crippen LogP contribution < -0.4 is 16.0 Å². The molecule has 0 saturated heterocycles. The SMILES string of the molecule is CC(Oc1c(Br)cccc1Br)C(=O)NN. The molecule has 1 unspecified atom stereocenters. The van der Waals surface area contributed by atoms with Crippen LogP contribution in [0.4, 0.5) is 0 Å². The highest BCUT2D eigenvalue weighted by atomic mass is 79.9. The zero-order chi connectivity index (χ0) is 11.4. The second kappa shape index (κ2) is 5.48. The molecule has 3 N–H and O–H groups in total. The van der Waals surface area contributed by atoms with E-state index >= 15 is 0 Å². The number of nitrogens with one attached hydrogen (secondary N) is 1. The van der Waals surface area contributed by atoms with E-state index in [4.69, 9.17) is 10.6 Å². The van der Waals surface area contributed by atoms with Crippen molar-refractivity contribution in [1.29, 1.82) is 0 Å². The van der Waals surface area contributed by atoms with Crippen LogP contribution in [0.3, 0.4) is 0 Å². The monoisotopic (exact) mass is 336 g/mol. The number of amides is 1. The lowest BCUT2D eigenvalue weighted by atomic mass is 10.3. The molecule has 0 aliphatic heterocycles. The first-order chi connectivity index (χ1) is 7.06. The molecule has 0 spiro atoms. The lowest BCUT2D eigenvalue weighted by molar-refractivity contribution is -0.127. The van der Waals surface area contributed by atoms with Crippen molar-refractivity contribution < 1.29 is 9.53 Å². The van der Waals surface area contributed by atoms with Crippen molar-refractivity contribution in [3.63, 3.8) is 0 Å². The van der Waals surface area contributed by atoms with Gasteiger partial charge in [-0.05, 0) is 50.9 Å². The molecule has 0 radical (unpaired) electrons. The average molecular weight is 338 g/mol. The zero-order valence-corrected chi connectivity index (χ0v) is 11.1. The number of hydrogen-bond donors (Lipinski definition) is 2. The third-order valence-electron chi connectivity index (χ3n) is 1.73. The summed E-state index contributed by atoms with van der Waals surface area (Å²) in [6, 6.07) is 5.51. The number of hydrazine groups is 1. The molecule has 0 bridgehead atoms. The summed E-state index contributed by atoms with van der Waals surface area (Å²) >= 11 is 6.66. The summed E-state index contributed by atoms with van der Waals surface area (Å²) in [4.78, 5) is 11.1. The van der Waals surface area contributed by atoms with Gasteiger partial charge < -0.3 is 4.74 Å². The minimum absolute atomic E-state index is 0.377. The van der Waals surface area contributed by atoms with E-state index in [0.29, 0.717) is 5.75 Å². The number of hydrogen-bond acceptors (Lipinski definition) is 3. The molecule has 0 aliphatic carbocycles. The van der Waals surface area contributed by atoms with Gasteiger partial charge in [-0.15, -0.1) is 0 Å². The average Bonchev–Trinajstić information content (AvgIpc) is 2.22. The highest BCUT2D eigenvalue weighted by molar-refractivity contribution is 9.11. The van der Waals surface area contributed by atoms with Crippen LogP contribution in [0.1, 0.15) is 6.92 Å². The molecular weight excluding hydrogens is 328 g/mol. The molecule has 6 heteroatoms. The minimum Gasteiger partial charge on any atom is -0.478 e. The fourth-order valence-corrected chi connectivity index (χ4v) is 2.13. The minimum atomic E-state index is -0.648. The normalized spacial score (nSPS) is 12.0. The Morgan fingerprint density at radius 2 is 2.00 bits per heavy atom. The van der Waals surface area contributed by atoms with Crippen LogP contribution in [0.15, 0.2) is 27.1 Å². The fraction of sp³-hybridized carbons (Fsp3) is 0.222. The van der Waals surface area contributed by atoms with Crippen LogP contribution in [-0.2, 0) is 4.79 Å². The van der Waals surface area contributed by atoms with Gasteiger partial charge in [-0.3, -0.25) is 10.2 Å². The molecule has 0 saturated carbocycles. The number of nitrogens with two attached hydrogens (primary N) is 1. The van der Waals surface area contributed by atoms with Gasteiger partial charge in [-0.1, -0.05) is 6.07 Å². The van der Waals surface area contributed by atoms with E-state index in [1.807, 2.05) is 23.6 Å². The number of para-hydroxylation sites is 1. The van der Waals surface area contributed by atoms with E-state index in [1.165, 1.54) is 0 Å². The molecular formula is C9H10Br2N2O2. The maximum Gasteiger partial charge on any atom is 0.274 e. The number of benzene rings is 1. The molecule has 1 amide bonds. The summed E-state index contributed by atoms with van der Waals surface area (Å²) < 4.78 is 6.99. The van der Waals surface area contributed by atoms with E-state index in [1.54, 1.807) is 6.92 Å². The summed E-state index contributed by atoms with van der Waals surface area (Å²) in [5.74, 6) is 5.20. The van der Waals surface area contributed by atoms with Crippen LogP contribution in [0, 0.1) is 0 Å². The van der Waals surface area contributed by atoms with Crippen molar-refractivity contribution >= 4 is 37.8 Å². The first kappa shape index (κ1) is 12.5.